The lowest BCUT2D eigenvalue weighted by molar-refractivity contribution is -0.273. The SMILES string of the molecule is CC[C@@H]1C[C@](O)(C(F)(F)F)[C@@H](Nc2cc(F)cc3nc(C)ncc23)c2cc(F)c(F)c(O)c21. The van der Waals surface area contributed by atoms with Crippen molar-refractivity contribution in [3.63, 3.8) is 0 Å². The summed E-state index contributed by atoms with van der Waals surface area (Å²) in [6.45, 7) is 3.04. The third-order valence-electron chi connectivity index (χ3n) is 6.09. The summed E-state index contributed by atoms with van der Waals surface area (Å²) < 4.78 is 85.2. The minimum atomic E-state index is -5.20. The number of hydrogen-bond acceptors (Lipinski definition) is 5. The van der Waals surface area contributed by atoms with Crippen LogP contribution in [0, 0.1) is 24.4 Å². The van der Waals surface area contributed by atoms with Gasteiger partial charge in [0.1, 0.15) is 11.6 Å². The van der Waals surface area contributed by atoms with Gasteiger partial charge < -0.3 is 15.5 Å². The summed E-state index contributed by atoms with van der Waals surface area (Å²) in [5.41, 5.74) is -4.26. The van der Waals surface area contributed by atoms with Crippen molar-refractivity contribution >= 4 is 16.6 Å². The van der Waals surface area contributed by atoms with E-state index in [0.717, 1.165) is 12.1 Å². The minimum absolute atomic E-state index is 0.00670. The van der Waals surface area contributed by atoms with Crippen molar-refractivity contribution in [2.24, 2.45) is 0 Å². The molecule has 3 atom stereocenters. The fourth-order valence-electron chi connectivity index (χ4n) is 4.46. The molecule has 11 heteroatoms. The van der Waals surface area contributed by atoms with Crippen LogP contribution in [0.25, 0.3) is 10.9 Å². The van der Waals surface area contributed by atoms with Gasteiger partial charge >= 0.3 is 6.18 Å². The van der Waals surface area contributed by atoms with Crippen molar-refractivity contribution in [1.29, 1.82) is 0 Å². The van der Waals surface area contributed by atoms with E-state index in [1.165, 1.54) is 13.1 Å². The first-order valence-electron chi connectivity index (χ1n) is 10.1. The molecule has 1 aliphatic rings. The van der Waals surface area contributed by atoms with Gasteiger partial charge in [-0.25, -0.2) is 18.7 Å². The zero-order valence-corrected chi connectivity index (χ0v) is 17.4. The molecule has 2 aromatic carbocycles. The average Bonchev–Trinajstić information content (AvgIpc) is 2.72. The monoisotopic (exact) mass is 471 g/mol. The fourth-order valence-corrected chi connectivity index (χ4v) is 4.46. The predicted molar refractivity (Wildman–Crippen MR) is 107 cm³/mol. The molecule has 1 aliphatic carbocycles. The molecule has 0 radical (unpaired) electrons. The topological polar surface area (TPSA) is 78.3 Å². The number of phenols is 1. The summed E-state index contributed by atoms with van der Waals surface area (Å²) in [6.07, 6.45) is -4.86. The predicted octanol–water partition coefficient (Wildman–Crippen LogP) is 5.41. The van der Waals surface area contributed by atoms with Crippen LogP contribution >= 0.6 is 0 Å². The quantitative estimate of drug-likeness (QED) is 0.446. The van der Waals surface area contributed by atoms with E-state index in [4.69, 9.17) is 0 Å². The Morgan fingerprint density at radius 1 is 1.18 bits per heavy atom. The Bertz CT molecular complexity index is 1240. The van der Waals surface area contributed by atoms with Crippen LogP contribution in [0.1, 0.15) is 48.7 Å². The summed E-state index contributed by atoms with van der Waals surface area (Å²) in [6, 6.07) is 0.377. The molecule has 5 nitrogen and oxygen atoms in total. The molecule has 0 bridgehead atoms. The first kappa shape index (κ1) is 23.1. The highest BCUT2D eigenvalue weighted by Gasteiger charge is 2.62. The number of aryl methyl sites for hydroxylation is 1. The highest BCUT2D eigenvalue weighted by molar-refractivity contribution is 5.91. The second-order valence-corrected chi connectivity index (χ2v) is 8.14. The molecule has 4 rings (SSSR count). The Morgan fingerprint density at radius 2 is 1.88 bits per heavy atom. The van der Waals surface area contributed by atoms with Gasteiger partial charge in [-0.3, -0.25) is 0 Å². The molecule has 0 saturated carbocycles. The molecule has 1 aromatic heterocycles. The van der Waals surface area contributed by atoms with Crippen molar-refractivity contribution in [3.05, 3.63) is 58.8 Å². The van der Waals surface area contributed by atoms with E-state index in [1.807, 2.05) is 0 Å². The van der Waals surface area contributed by atoms with Crippen LogP contribution in [0.4, 0.5) is 32.0 Å². The fraction of sp³-hybridized carbons (Fsp3) is 0.364. The van der Waals surface area contributed by atoms with E-state index in [0.29, 0.717) is 11.9 Å². The molecule has 3 aromatic rings. The van der Waals surface area contributed by atoms with Crippen LogP contribution in [-0.4, -0.2) is 32.0 Å². The number of alkyl halides is 3. The number of hydrogen-bond donors (Lipinski definition) is 3. The maximum Gasteiger partial charge on any atom is 0.419 e. The van der Waals surface area contributed by atoms with E-state index in [2.05, 4.69) is 15.3 Å². The molecule has 0 aliphatic heterocycles. The van der Waals surface area contributed by atoms with Gasteiger partial charge in [0.2, 0.25) is 5.82 Å². The zero-order chi connectivity index (χ0) is 24.3. The first-order chi connectivity index (χ1) is 15.4. The van der Waals surface area contributed by atoms with Crippen molar-refractivity contribution in [2.75, 3.05) is 5.32 Å². The Hall–Kier alpha value is -3.08. The summed E-state index contributed by atoms with van der Waals surface area (Å²) in [7, 11) is 0. The molecule has 1 heterocycles. The largest absolute Gasteiger partial charge is 0.505 e. The lowest BCUT2D eigenvalue weighted by Crippen LogP contribution is -2.55. The smallest absolute Gasteiger partial charge is 0.419 e. The lowest BCUT2D eigenvalue weighted by Gasteiger charge is -2.45. The van der Waals surface area contributed by atoms with Crippen LogP contribution in [0.15, 0.2) is 24.4 Å². The van der Waals surface area contributed by atoms with Crippen molar-refractivity contribution in [3.8, 4) is 5.75 Å². The molecule has 176 valence electrons. The van der Waals surface area contributed by atoms with Gasteiger partial charge in [0.15, 0.2) is 17.2 Å². The Kier molecular flexibility index (Phi) is 5.43. The molecule has 0 fully saturated rings. The van der Waals surface area contributed by atoms with Gasteiger partial charge in [-0.1, -0.05) is 6.92 Å². The number of halogens is 6. The molecular weight excluding hydrogens is 452 g/mol. The number of phenolic OH excluding ortho intramolecular Hbond substituents is 1. The average molecular weight is 471 g/mol. The van der Waals surface area contributed by atoms with E-state index < -0.39 is 58.9 Å². The molecule has 0 saturated heterocycles. The second-order valence-electron chi connectivity index (χ2n) is 8.14. The van der Waals surface area contributed by atoms with Crippen molar-refractivity contribution < 1.29 is 36.6 Å². The van der Waals surface area contributed by atoms with E-state index >= 15 is 0 Å². The van der Waals surface area contributed by atoms with Gasteiger partial charge in [-0.05, 0) is 43.4 Å². The number of nitrogens with one attached hydrogen (secondary N) is 1. The molecule has 3 N–H and O–H groups in total. The number of rotatable bonds is 3. The van der Waals surface area contributed by atoms with Gasteiger partial charge in [-0.15, -0.1) is 0 Å². The van der Waals surface area contributed by atoms with E-state index in [9.17, 15) is 36.6 Å². The molecule has 33 heavy (non-hydrogen) atoms. The number of fused-ring (bicyclic) bond motifs is 2. The number of anilines is 1. The third kappa shape index (κ3) is 3.64. The number of aromatic nitrogens is 2. The summed E-state index contributed by atoms with van der Waals surface area (Å²) >= 11 is 0. The normalized spacial score (nSPS) is 22.9. The van der Waals surface area contributed by atoms with Crippen LogP contribution < -0.4 is 5.32 Å². The molecular formula is C22H19F6N3O2. The van der Waals surface area contributed by atoms with Gasteiger partial charge in [-0.2, -0.15) is 17.6 Å². The maximum atomic E-state index is 14.3. The van der Waals surface area contributed by atoms with E-state index in [-0.39, 0.29) is 28.6 Å². The molecule has 0 unspecified atom stereocenters. The van der Waals surface area contributed by atoms with Crippen LogP contribution in [-0.2, 0) is 0 Å². The number of aromatic hydroxyl groups is 1. The third-order valence-corrected chi connectivity index (χ3v) is 6.09. The lowest BCUT2D eigenvalue weighted by atomic mass is 9.69. The van der Waals surface area contributed by atoms with Crippen molar-refractivity contribution in [1.82, 2.24) is 9.97 Å². The summed E-state index contributed by atoms with van der Waals surface area (Å²) in [5.74, 6) is -5.94. The number of benzene rings is 2. The summed E-state index contributed by atoms with van der Waals surface area (Å²) in [4.78, 5) is 8.04. The van der Waals surface area contributed by atoms with Crippen molar-refractivity contribution in [2.45, 2.75) is 50.4 Å². The van der Waals surface area contributed by atoms with E-state index in [1.54, 1.807) is 6.92 Å². The Morgan fingerprint density at radius 3 is 2.52 bits per heavy atom. The highest BCUT2D eigenvalue weighted by Crippen LogP contribution is 2.55. The number of nitrogens with zero attached hydrogens (tertiary/aromatic N) is 2. The summed E-state index contributed by atoms with van der Waals surface area (Å²) in [5, 5.41) is 23.8. The van der Waals surface area contributed by atoms with Crippen LogP contribution in [0.3, 0.4) is 0 Å². The van der Waals surface area contributed by atoms with Gasteiger partial charge in [0.25, 0.3) is 0 Å². The Balaban J connectivity index is 1.98. The van der Waals surface area contributed by atoms with Gasteiger partial charge in [0, 0.05) is 28.9 Å². The highest BCUT2D eigenvalue weighted by atomic mass is 19.4. The number of aliphatic hydroxyl groups is 1. The zero-order valence-electron chi connectivity index (χ0n) is 17.4. The molecule has 0 amide bonds. The second kappa shape index (κ2) is 7.75. The minimum Gasteiger partial charge on any atom is -0.505 e. The Labute approximate surface area is 184 Å². The van der Waals surface area contributed by atoms with Crippen LogP contribution in [0.5, 0.6) is 5.75 Å². The first-order valence-corrected chi connectivity index (χ1v) is 10.1. The maximum absolute atomic E-state index is 14.3. The molecule has 0 spiro atoms. The standard InChI is InChI=1S/C22H19F6N3O2/c1-3-10-7-21(33,22(26,27)28)20(12-6-14(24)18(25)19(32)17(10)12)31-16-5-11(23)4-15-13(16)8-29-9(2)30-15/h4-6,8,10,20,31-33H,3,7H2,1-2H3/t10-,20+,21-/m1/s1. The van der Waals surface area contributed by atoms with Gasteiger partial charge in [0.05, 0.1) is 11.6 Å². The van der Waals surface area contributed by atoms with Crippen LogP contribution in [0.2, 0.25) is 0 Å².